The van der Waals surface area contributed by atoms with Crippen LogP contribution in [0.2, 0.25) is 0 Å². The number of ether oxygens (including phenoxy) is 2. The number of para-hydroxylation sites is 1. The molecule has 2 N–H and O–H groups in total. The smallest absolute Gasteiger partial charge is 0.255 e. The second kappa shape index (κ2) is 5.56. The largest absolute Gasteiger partial charge is 0.489 e. The maximum atomic E-state index is 12.5. The van der Waals surface area contributed by atoms with Gasteiger partial charge in [0.2, 0.25) is 0 Å². The van der Waals surface area contributed by atoms with Crippen molar-refractivity contribution in [3.8, 4) is 5.75 Å². The van der Waals surface area contributed by atoms with E-state index in [1.165, 1.54) is 0 Å². The van der Waals surface area contributed by atoms with Crippen LogP contribution in [0.15, 0.2) is 18.2 Å². The second-order valence-electron chi connectivity index (χ2n) is 6.23. The fourth-order valence-corrected chi connectivity index (χ4v) is 2.97. The number of nitrogens with one attached hydrogen (secondary N) is 2. The van der Waals surface area contributed by atoms with E-state index < -0.39 is 0 Å². The number of carbonyl (C=O) groups is 1. The van der Waals surface area contributed by atoms with Crippen molar-refractivity contribution in [2.75, 3.05) is 25.1 Å². The van der Waals surface area contributed by atoms with E-state index in [4.69, 9.17) is 9.47 Å². The Morgan fingerprint density at radius 3 is 3.05 bits per heavy atom. The van der Waals surface area contributed by atoms with Crippen molar-refractivity contribution in [3.63, 3.8) is 0 Å². The fraction of sp³-hybridized carbons (Fsp3) is 0.562. The first-order valence-electron chi connectivity index (χ1n) is 7.50. The van der Waals surface area contributed by atoms with Gasteiger partial charge in [0.05, 0.1) is 16.9 Å². The minimum Gasteiger partial charge on any atom is -0.489 e. The van der Waals surface area contributed by atoms with Crippen LogP contribution in [0.3, 0.4) is 0 Å². The molecule has 5 nitrogen and oxygen atoms in total. The number of benzene rings is 1. The van der Waals surface area contributed by atoms with Crippen molar-refractivity contribution in [2.24, 2.45) is 0 Å². The molecule has 0 bridgehead atoms. The van der Waals surface area contributed by atoms with Crippen LogP contribution < -0.4 is 15.4 Å². The first kappa shape index (κ1) is 14.2. The molecule has 2 aliphatic rings. The standard InChI is InChI=1S/C16H22N2O3/c1-16(2)10-11(6-8-21-16)18-15(19)12-4-3-5-13-14(12)20-9-7-17-13/h3-5,11,17H,6-10H2,1-2H3,(H,18,19). The first-order chi connectivity index (χ1) is 10.1. The molecule has 114 valence electrons. The Morgan fingerprint density at radius 1 is 1.38 bits per heavy atom. The van der Waals surface area contributed by atoms with Gasteiger partial charge in [-0.15, -0.1) is 0 Å². The van der Waals surface area contributed by atoms with Crippen LogP contribution >= 0.6 is 0 Å². The molecule has 1 amide bonds. The Balaban J connectivity index is 1.74. The zero-order chi connectivity index (χ0) is 14.9. The number of fused-ring (bicyclic) bond motifs is 1. The van der Waals surface area contributed by atoms with E-state index in [2.05, 4.69) is 24.5 Å². The van der Waals surface area contributed by atoms with Crippen LogP contribution in [-0.4, -0.2) is 37.3 Å². The summed E-state index contributed by atoms with van der Waals surface area (Å²) in [6.45, 7) is 6.15. The monoisotopic (exact) mass is 290 g/mol. The van der Waals surface area contributed by atoms with E-state index in [-0.39, 0.29) is 17.6 Å². The predicted molar refractivity (Wildman–Crippen MR) is 80.9 cm³/mol. The van der Waals surface area contributed by atoms with Crippen LogP contribution in [0.25, 0.3) is 0 Å². The molecule has 1 aromatic rings. The predicted octanol–water partition coefficient (Wildman–Crippen LogP) is 2.18. The molecule has 0 radical (unpaired) electrons. The average Bonchev–Trinajstić information content (AvgIpc) is 2.45. The molecular formula is C16H22N2O3. The molecule has 1 aromatic carbocycles. The van der Waals surface area contributed by atoms with E-state index in [0.29, 0.717) is 24.5 Å². The maximum Gasteiger partial charge on any atom is 0.255 e. The Hall–Kier alpha value is -1.75. The van der Waals surface area contributed by atoms with Gasteiger partial charge in [0.25, 0.3) is 5.91 Å². The highest BCUT2D eigenvalue weighted by Gasteiger charge is 2.30. The summed E-state index contributed by atoms with van der Waals surface area (Å²) in [5, 5.41) is 6.36. The maximum absolute atomic E-state index is 12.5. The quantitative estimate of drug-likeness (QED) is 0.876. The van der Waals surface area contributed by atoms with Crippen molar-refractivity contribution in [1.82, 2.24) is 5.32 Å². The fourth-order valence-electron chi connectivity index (χ4n) is 2.97. The van der Waals surface area contributed by atoms with Crippen LogP contribution in [0.4, 0.5) is 5.69 Å². The summed E-state index contributed by atoms with van der Waals surface area (Å²) >= 11 is 0. The van der Waals surface area contributed by atoms with E-state index >= 15 is 0 Å². The number of anilines is 1. The Morgan fingerprint density at radius 2 is 2.24 bits per heavy atom. The molecule has 0 aliphatic carbocycles. The van der Waals surface area contributed by atoms with Gasteiger partial charge < -0.3 is 20.1 Å². The SMILES string of the molecule is CC1(C)CC(NC(=O)c2cccc3c2OCCN3)CCO1. The highest BCUT2D eigenvalue weighted by molar-refractivity contribution is 5.99. The third-order valence-electron chi connectivity index (χ3n) is 3.96. The lowest BCUT2D eigenvalue weighted by atomic mass is 9.93. The van der Waals surface area contributed by atoms with Gasteiger partial charge in [-0.05, 0) is 38.8 Å². The van der Waals surface area contributed by atoms with Crippen molar-refractivity contribution in [2.45, 2.75) is 38.3 Å². The molecule has 0 aromatic heterocycles. The third-order valence-corrected chi connectivity index (χ3v) is 3.96. The van der Waals surface area contributed by atoms with E-state index in [1.54, 1.807) is 0 Å². The normalized spacial score (nSPS) is 23.4. The Labute approximate surface area is 125 Å². The molecular weight excluding hydrogens is 268 g/mol. The number of amides is 1. The van der Waals surface area contributed by atoms with Crippen molar-refractivity contribution in [1.29, 1.82) is 0 Å². The van der Waals surface area contributed by atoms with E-state index in [9.17, 15) is 4.79 Å². The summed E-state index contributed by atoms with van der Waals surface area (Å²) in [4.78, 5) is 12.5. The summed E-state index contributed by atoms with van der Waals surface area (Å²) in [6.07, 6.45) is 1.68. The first-order valence-corrected chi connectivity index (χ1v) is 7.50. The van der Waals surface area contributed by atoms with Crippen LogP contribution in [0.5, 0.6) is 5.75 Å². The van der Waals surface area contributed by atoms with E-state index in [1.807, 2.05) is 18.2 Å². The lowest BCUT2D eigenvalue weighted by Crippen LogP contribution is -2.45. The average molecular weight is 290 g/mol. The van der Waals surface area contributed by atoms with E-state index in [0.717, 1.165) is 25.1 Å². The zero-order valence-electron chi connectivity index (χ0n) is 12.6. The Kier molecular flexibility index (Phi) is 3.76. The summed E-state index contributed by atoms with van der Waals surface area (Å²) in [7, 11) is 0. The molecule has 2 aliphatic heterocycles. The molecule has 5 heteroatoms. The summed E-state index contributed by atoms with van der Waals surface area (Å²) in [6, 6.07) is 5.77. The zero-order valence-corrected chi connectivity index (χ0v) is 12.6. The molecule has 3 rings (SSSR count). The van der Waals surface area contributed by atoms with Crippen molar-refractivity contribution in [3.05, 3.63) is 23.8 Å². The minimum absolute atomic E-state index is 0.0711. The van der Waals surface area contributed by atoms with Gasteiger partial charge in [-0.3, -0.25) is 4.79 Å². The summed E-state index contributed by atoms with van der Waals surface area (Å²) in [5.41, 5.74) is 1.31. The molecule has 1 atom stereocenters. The molecule has 1 saturated heterocycles. The number of hydrogen-bond donors (Lipinski definition) is 2. The second-order valence-corrected chi connectivity index (χ2v) is 6.23. The highest BCUT2D eigenvalue weighted by atomic mass is 16.5. The van der Waals surface area contributed by atoms with Crippen LogP contribution in [0.1, 0.15) is 37.0 Å². The van der Waals surface area contributed by atoms with Gasteiger partial charge in [0.15, 0.2) is 5.75 Å². The number of hydrogen-bond acceptors (Lipinski definition) is 4. The number of carbonyl (C=O) groups excluding carboxylic acids is 1. The molecule has 1 fully saturated rings. The van der Waals surface area contributed by atoms with Crippen LogP contribution in [0, 0.1) is 0 Å². The summed E-state index contributed by atoms with van der Waals surface area (Å²) in [5.74, 6) is 0.589. The van der Waals surface area contributed by atoms with Gasteiger partial charge in [0, 0.05) is 19.2 Å². The van der Waals surface area contributed by atoms with Crippen molar-refractivity contribution < 1.29 is 14.3 Å². The lowest BCUT2D eigenvalue weighted by molar-refractivity contribution is -0.0615. The number of rotatable bonds is 2. The molecule has 2 heterocycles. The minimum atomic E-state index is -0.176. The van der Waals surface area contributed by atoms with Gasteiger partial charge >= 0.3 is 0 Å². The molecule has 21 heavy (non-hydrogen) atoms. The van der Waals surface area contributed by atoms with Crippen LogP contribution in [-0.2, 0) is 4.74 Å². The third kappa shape index (κ3) is 3.13. The van der Waals surface area contributed by atoms with Gasteiger partial charge in [-0.25, -0.2) is 0 Å². The van der Waals surface area contributed by atoms with Gasteiger partial charge in [0.1, 0.15) is 6.61 Å². The Bertz CT molecular complexity index is 542. The highest BCUT2D eigenvalue weighted by Crippen LogP contribution is 2.31. The molecule has 0 spiro atoms. The summed E-state index contributed by atoms with van der Waals surface area (Å²) < 4.78 is 11.3. The molecule has 0 saturated carbocycles. The lowest BCUT2D eigenvalue weighted by Gasteiger charge is -2.36. The van der Waals surface area contributed by atoms with Gasteiger partial charge in [-0.1, -0.05) is 6.07 Å². The van der Waals surface area contributed by atoms with Gasteiger partial charge in [-0.2, -0.15) is 0 Å². The van der Waals surface area contributed by atoms with Crippen molar-refractivity contribution >= 4 is 11.6 Å². The topological polar surface area (TPSA) is 59.6 Å². The molecule has 1 unspecified atom stereocenters.